The Kier molecular flexibility index (Phi) is 2.85. The molecule has 5 heteroatoms. The van der Waals surface area contributed by atoms with Crippen LogP contribution in [0.3, 0.4) is 0 Å². The fourth-order valence-corrected chi connectivity index (χ4v) is 1.37. The van der Waals surface area contributed by atoms with Gasteiger partial charge >= 0.3 is 0 Å². The molecule has 1 aromatic carbocycles. The Bertz CT molecular complexity index is 520. The molecular formula is C12H15N3O2. The summed E-state index contributed by atoms with van der Waals surface area (Å²) in [5.41, 5.74) is 6.09. The molecule has 0 amide bonds. The zero-order valence-corrected chi connectivity index (χ0v) is 9.84. The molecule has 0 fully saturated rings. The number of hydrogen-bond acceptors (Lipinski definition) is 5. The lowest BCUT2D eigenvalue weighted by molar-refractivity contribution is 0.291. The second-order valence-electron chi connectivity index (χ2n) is 4.24. The first-order valence-electron chi connectivity index (χ1n) is 5.45. The molecule has 1 unspecified atom stereocenters. The molecular weight excluding hydrogens is 218 g/mol. The largest absolute Gasteiger partial charge is 0.508 e. The van der Waals surface area contributed by atoms with Crippen molar-refractivity contribution >= 4 is 0 Å². The highest BCUT2D eigenvalue weighted by atomic mass is 16.5. The van der Waals surface area contributed by atoms with Gasteiger partial charge in [-0.25, -0.2) is 0 Å². The number of aromatic hydroxyl groups is 1. The Morgan fingerprint density at radius 2 is 2.24 bits per heavy atom. The first-order chi connectivity index (χ1) is 8.03. The number of nitrogens with zero attached hydrogens (tertiary/aromatic N) is 2. The van der Waals surface area contributed by atoms with Gasteiger partial charge in [-0.1, -0.05) is 24.2 Å². The first kappa shape index (κ1) is 11.6. The van der Waals surface area contributed by atoms with E-state index >= 15 is 0 Å². The van der Waals surface area contributed by atoms with E-state index in [1.807, 2.05) is 13.8 Å². The van der Waals surface area contributed by atoms with Crippen LogP contribution >= 0.6 is 0 Å². The zero-order chi connectivity index (χ0) is 12.5. The lowest BCUT2D eigenvalue weighted by Gasteiger charge is -2.16. The highest BCUT2D eigenvalue weighted by Gasteiger charge is 2.26. The van der Waals surface area contributed by atoms with Crippen molar-refractivity contribution < 1.29 is 9.63 Å². The summed E-state index contributed by atoms with van der Waals surface area (Å²) in [6.07, 6.45) is 0.703. The van der Waals surface area contributed by atoms with Crippen LogP contribution in [0.5, 0.6) is 5.75 Å². The normalized spacial score (nSPS) is 14.5. The van der Waals surface area contributed by atoms with E-state index in [1.54, 1.807) is 24.3 Å². The van der Waals surface area contributed by atoms with Crippen molar-refractivity contribution in [2.75, 3.05) is 0 Å². The quantitative estimate of drug-likeness (QED) is 0.847. The summed E-state index contributed by atoms with van der Waals surface area (Å²) in [5, 5.41) is 13.2. The van der Waals surface area contributed by atoms with E-state index in [4.69, 9.17) is 10.3 Å². The van der Waals surface area contributed by atoms with E-state index in [0.29, 0.717) is 23.7 Å². The smallest absolute Gasteiger partial charge is 0.246 e. The van der Waals surface area contributed by atoms with Crippen molar-refractivity contribution in [3.8, 4) is 17.1 Å². The molecule has 0 radical (unpaired) electrons. The van der Waals surface area contributed by atoms with Crippen LogP contribution in [0, 0.1) is 0 Å². The van der Waals surface area contributed by atoms with Gasteiger partial charge in [0.05, 0.1) is 5.54 Å². The second kappa shape index (κ2) is 4.18. The average molecular weight is 233 g/mol. The maximum atomic E-state index is 9.38. The number of rotatable bonds is 3. The van der Waals surface area contributed by atoms with Gasteiger partial charge in [-0.2, -0.15) is 4.98 Å². The molecule has 90 valence electrons. The number of phenolic OH excluding ortho intramolecular Hbond substituents is 1. The fraction of sp³-hybridized carbons (Fsp3) is 0.333. The Hall–Kier alpha value is -1.88. The molecule has 0 aliphatic rings. The standard InChI is InChI=1S/C12H15N3O2/c1-3-12(2,13)11-14-10(15-17-11)8-5-4-6-9(16)7-8/h4-7,16H,3,13H2,1-2H3. The number of phenols is 1. The summed E-state index contributed by atoms with van der Waals surface area (Å²) in [6.45, 7) is 3.80. The highest BCUT2D eigenvalue weighted by molar-refractivity contribution is 5.56. The van der Waals surface area contributed by atoms with E-state index in [1.165, 1.54) is 0 Å². The molecule has 17 heavy (non-hydrogen) atoms. The van der Waals surface area contributed by atoms with Crippen molar-refractivity contribution in [3.63, 3.8) is 0 Å². The molecule has 3 N–H and O–H groups in total. The summed E-state index contributed by atoms with van der Waals surface area (Å²) in [6, 6.07) is 6.69. The lowest BCUT2D eigenvalue weighted by atomic mass is 10.0. The molecule has 1 atom stereocenters. The average Bonchev–Trinajstić information content (AvgIpc) is 2.79. The monoisotopic (exact) mass is 233 g/mol. The molecule has 0 aliphatic carbocycles. The minimum absolute atomic E-state index is 0.167. The third-order valence-corrected chi connectivity index (χ3v) is 2.75. The van der Waals surface area contributed by atoms with Gasteiger partial charge in [0.15, 0.2) is 0 Å². The van der Waals surface area contributed by atoms with Crippen molar-refractivity contribution in [2.45, 2.75) is 25.8 Å². The Balaban J connectivity index is 2.36. The first-order valence-corrected chi connectivity index (χ1v) is 5.45. The molecule has 5 nitrogen and oxygen atoms in total. The fourth-order valence-electron chi connectivity index (χ4n) is 1.37. The summed E-state index contributed by atoms with van der Waals surface area (Å²) in [5.74, 6) is 0.999. The van der Waals surface area contributed by atoms with Gasteiger partial charge in [0, 0.05) is 5.56 Å². The van der Waals surface area contributed by atoms with Crippen molar-refractivity contribution in [3.05, 3.63) is 30.2 Å². The number of nitrogens with two attached hydrogens (primary N) is 1. The Morgan fingerprint density at radius 1 is 1.47 bits per heavy atom. The molecule has 1 heterocycles. The Labute approximate surface area is 99.3 Å². The molecule has 1 aromatic heterocycles. The summed E-state index contributed by atoms with van der Waals surface area (Å²) in [7, 11) is 0. The lowest BCUT2D eigenvalue weighted by Crippen LogP contribution is -2.32. The molecule has 2 aromatic rings. The summed E-state index contributed by atoms with van der Waals surface area (Å²) < 4.78 is 5.15. The van der Waals surface area contributed by atoms with Gasteiger partial charge < -0.3 is 15.4 Å². The zero-order valence-electron chi connectivity index (χ0n) is 9.84. The predicted molar refractivity (Wildman–Crippen MR) is 63.2 cm³/mol. The van der Waals surface area contributed by atoms with Gasteiger partial charge in [0.2, 0.25) is 11.7 Å². The van der Waals surface area contributed by atoms with Gasteiger partial charge in [-0.15, -0.1) is 0 Å². The third-order valence-electron chi connectivity index (χ3n) is 2.75. The van der Waals surface area contributed by atoms with E-state index in [0.717, 1.165) is 0 Å². The minimum Gasteiger partial charge on any atom is -0.508 e. The van der Waals surface area contributed by atoms with E-state index in [2.05, 4.69) is 10.1 Å². The minimum atomic E-state index is -0.623. The van der Waals surface area contributed by atoms with Gasteiger partial charge in [0.1, 0.15) is 5.75 Å². The predicted octanol–water partition coefficient (Wildman–Crippen LogP) is 2.03. The summed E-state index contributed by atoms with van der Waals surface area (Å²) >= 11 is 0. The second-order valence-corrected chi connectivity index (χ2v) is 4.24. The maximum Gasteiger partial charge on any atom is 0.246 e. The molecule has 0 spiro atoms. The molecule has 2 rings (SSSR count). The SMILES string of the molecule is CCC(C)(N)c1nc(-c2cccc(O)c2)no1. The number of benzene rings is 1. The summed E-state index contributed by atoms with van der Waals surface area (Å²) in [4.78, 5) is 4.25. The van der Waals surface area contributed by atoms with Crippen LogP contribution in [-0.4, -0.2) is 15.2 Å². The molecule has 0 bridgehead atoms. The van der Waals surface area contributed by atoms with Crippen molar-refractivity contribution in [1.82, 2.24) is 10.1 Å². The van der Waals surface area contributed by atoms with Gasteiger partial charge in [-0.3, -0.25) is 0 Å². The third kappa shape index (κ3) is 2.29. The van der Waals surface area contributed by atoms with E-state index in [-0.39, 0.29) is 5.75 Å². The van der Waals surface area contributed by atoms with Crippen LogP contribution in [0.1, 0.15) is 26.2 Å². The van der Waals surface area contributed by atoms with Gasteiger partial charge in [0.25, 0.3) is 0 Å². The van der Waals surface area contributed by atoms with Crippen LogP contribution in [0.2, 0.25) is 0 Å². The topological polar surface area (TPSA) is 85.2 Å². The highest BCUT2D eigenvalue weighted by Crippen LogP contribution is 2.24. The van der Waals surface area contributed by atoms with Crippen LogP contribution in [0.4, 0.5) is 0 Å². The van der Waals surface area contributed by atoms with Crippen molar-refractivity contribution in [2.24, 2.45) is 5.73 Å². The van der Waals surface area contributed by atoms with Crippen LogP contribution < -0.4 is 5.73 Å². The van der Waals surface area contributed by atoms with E-state index in [9.17, 15) is 5.11 Å². The van der Waals surface area contributed by atoms with Crippen LogP contribution in [0.15, 0.2) is 28.8 Å². The molecule has 0 saturated heterocycles. The van der Waals surface area contributed by atoms with Crippen molar-refractivity contribution in [1.29, 1.82) is 0 Å². The molecule has 0 saturated carbocycles. The van der Waals surface area contributed by atoms with Gasteiger partial charge in [-0.05, 0) is 25.5 Å². The maximum absolute atomic E-state index is 9.38. The van der Waals surface area contributed by atoms with E-state index < -0.39 is 5.54 Å². The Morgan fingerprint density at radius 3 is 2.88 bits per heavy atom. The van der Waals surface area contributed by atoms with Crippen LogP contribution in [0.25, 0.3) is 11.4 Å². The van der Waals surface area contributed by atoms with Crippen LogP contribution in [-0.2, 0) is 5.54 Å². The number of hydrogen-bond donors (Lipinski definition) is 2. The molecule has 0 aliphatic heterocycles. The number of aromatic nitrogens is 2.